The van der Waals surface area contributed by atoms with E-state index in [0.29, 0.717) is 10.4 Å². The van der Waals surface area contributed by atoms with Gasteiger partial charge in [-0.05, 0) is 18.2 Å². The summed E-state index contributed by atoms with van der Waals surface area (Å²) < 4.78 is 1.66. The fraction of sp³-hybridized carbons (Fsp3) is 0.125. The van der Waals surface area contributed by atoms with E-state index in [9.17, 15) is 4.79 Å². The van der Waals surface area contributed by atoms with E-state index in [1.54, 1.807) is 29.9 Å². The van der Waals surface area contributed by atoms with Crippen LogP contribution in [0.25, 0.3) is 10.9 Å². The summed E-state index contributed by atoms with van der Waals surface area (Å²) in [5.74, 6) is 0. The van der Waals surface area contributed by atoms with Crippen molar-refractivity contribution in [3.63, 3.8) is 0 Å². The second-order valence-electron chi connectivity index (χ2n) is 2.66. The SMILES string of the molecule is Cn1[nH]c(=O)c2ccc(Cl)cc21. The number of benzene rings is 1. The quantitative estimate of drug-likeness (QED) is 0.659. The lowest BCUT2D eigenvalue weighted by atomic mass is 10.2. The summed E-state index contributed by atoms with van der Waals surface area (Å²) in [6.07, 6.45) is 0. The number of halogens is 1. The molecule has 0 radical (unpaired) electrons. The molecule has 1 aromatic carbocycles. The van der Waals surface area contributed by atoms with Gasteiger partial charge in [0.1, 0.15) is 0 Å². The van der Waals surface area contributed by atoms with Gasteiger partial charge in [0.25, 0.3) is 5.56 Å². The number of nitrogens with one attached hydrogen (secondary N) is 1. The molecule has 0 saturated carbocycles. The molecule has 2 aromatic rings. The zero-order valence-electron chi connectivity index (χ0n) is 6.47. The predicted molar refractivity (Wildman–Crippen MR) is 48.5 cm³/mol. The maximum atomic E-state index is 11.2. The van der Waals surface area contributed by atoms with Crippen LogP contribution >= 0.6 is 11.6 Å². The summed E-state index contributed by atoms with van der Waals surface area (Å²) in [7, 11) is 1.78. The molecule has 0 aliphatic heterocycles. The zero-order chi connectivity index (χ0) is 8.72. The average molecular weight is 183 g/mol. The lowest BCUT2D eigenvalue weighted by Crippen LogP contribution is -2.01. The van der Waals surface area contributed by atoms with Crippen molar-refractivity contribution < 1.29 is 0 Å². The maximum Gasteiger partial charge on any atom is 0.271 e. The summed E-state index contributed by atoms with van der Waals surface area (Å²) in [6.45, 7) is 0. The molecule has 12 heavy (non-hydrogen) atoms. The van der Waals surface area contributed by atoms with Crippen molar-refractivity contribution in [3.05, 3.63) is 33.6 Å². The van der Waals surface area contributed by atoms with Gasteiger partial charge in [0, 0.05) is 12.1 Å². The van der Waals surface area contributed by atoms with Crippen LogP contribution in [-0.4, -0.2) is 9.78 Å². The second kappa shape index (κ2) is 2.38. The van der Waals surface area contributed by atoms with E-state index in [1.807, 2.05) is 0 Å². The monoisotopic (exact) mass is 182 g/mol. The summed E-state index contributed by atoms with van der Waals surface area (Å²) in [5.41, 5.74) is 0.747. The molecule has 0 fully saturated rings. The molecule has 0 bridgehead atoms. The van der Waals surface area contributed by atoms with Crippen LogP contribution in [0.5, 0.6) is 0 Å². The third-order valence-electron chi connectivity index (χ3n) is 1.84. The minimum Gasteiger partial charge on any atom is -0.287 e. The highest BCUT2D eigenvalue weighted by Gasteiger charge is 2.02. The van der Waals surface area contributed by atoms with Gasteiger partial charge in [-0.3, -0.25) is 14.6 Å². The van der Waals surface area contributed by atoms with Crippen LogP contribution in [0, 0.1) is 0 Å². The van der Waals surface area contributed by atoms with E-state index in [2.05, 4.69) is 5.10 Å². The number of rotatable bonds is 0. The van der Waals surface area contributed by atoms with Crippen molar-refractivity contribution >= 4 is 22.5 Å². The van der Waals surface area contributed by atoms with Crippen LogP contribution in [0.3, 0.4) is 0 Å². The first-order valence-electron chi connectivity index (χ1n) is 3.53. The molecule has 0 aliphatic rings. The number of aryl methyl sites for hydroxylation is 1. The summed E-state index contributed by atoms with van der Waals surface area (Å²) in [5, 5.41) is 3.95. The second-order valence-corrected chi connectivity index (χ2v) is 3.10. The van der Waals surface area contributed by atoms with Gasteiger partial charge in [-0.25, -0.2) is 0 Å². The number of nitrogens with zero attached hydrogens (tertiary/aromatic N) is 1. The molecule has 0 unspecified atom stereocenters. The van der Waals surface area contributed by atoms with E-state index < -0.39 is 0 Å². The molecule has 0 atom stereocenters. The van der Waals surface area contributed by atoms with Crippen LogP contribution in [0.15, 0.2) is 23.0 Å². The molecule has 1 N–H and O–H groups in total. The molecule has 0 spiro atoms. The van der Waals surface area contributed by atoms with Crippen molar-refractivity contribution in [2.45, 2.75) is 0 Å². The molecule has 4 heteroatoms. The van der Waals surface area contributed by atoms with E-state index in [0.717, 1.165) is 5.52 Å². The summed E-state index contributed by atoms with van der Waals surface area (Å²) in [4.78, 5) is 11.2. The van der Waals surface area contributed by atoms with Gasteiger partial charge in [-0.15, -0.1) is 0 Å². The minimum absolute atomic E-state index is 0.0795. The van der Waals surface area contributed by atoms with E-state index in [1.165, 1.54) is 0 Å². The Morgan fingerprint density at radius 2 is 2.25 bits per heavy atom. The van der Waals surface area contributed by atoms with Crippen molar-refractivity contribution in [1.29, 1.82) is 0 Å². The molecular weight excluding hydrogens is 176 g/mol. The van der Waals surface area contributed by atoms with Gasteiger partial charge in [0.15, 0.2) is 0 Å². The molecule has 2 rings (SSSR count). The molecule has 1 heterocycles. The standard InChI is InChI=1S/C8H7ClN2O/c1-11-7-4-5(9)2-3-6(7)8(12)10-11/h2-4H,1H3,(H,10,12). The topological polar surface area (TPSA) is 37.8 Å². The number of fused-ring (bicyclic) bond motifs is 1. The Morgan fingerprint density at radius 1 is 1.50 bits per heavy atom. The van der Waals surface area contributed by atoms with Crippen LogP contribution < -0.4 is 5.56 Å². The van der Waals surface area contributed by atoms with Crippen LogP contribution in [0.1, 0.15) is 0 Å². The molecule has 0 saturated heterocycles. The van der Waals surface area contributed by atoms with Gasteiger partial charge in [-0.1, -0.05) is 11.6 Å². The minimum atomic E-state index is -0.0795. The Hall–Kier alpha value is -1.22. The van der Waals surface area contributed by atoms with Crippen LogP contribution in [0.2, 0.25) is 5.02 Å². The fourth-order valence-electron chi connectivity index (χ4n) is 1.25. The number of H-pyrrole nitrogens is 1. The molecular formula is C8H7ClN2O. The lowest BCUT2D eigenvalue weighted by Gasteiger charge is -1.93. The molecule has 62 valence electrons. The predicted octanol–water partition coefficient (Wildman–Crippen LogP) is 1.52. The maximum absolute atomic E-state index is 11.2. The largest absolute Gasteiger partial charge is 0.287 e. The molecule has 3 nitrogen and oxygen atoms in total. The first kappa shape index (κ1) is 7.43. The summed E-state index contributed by atoms with van der Waals surface area (Å²) >= 11 is 5.77. The zero-order valence-corrected chi connectivity index (χ0v) is 7.22. The van der Waals surface area contributed by atoms with Crippen molar-refractivity contribution in [1.82, 2.24) is 9.78 Å². The number of hydrogen-bond acceptors (Lipinski definition) is 1. The van der Waals surface area contributed by atoms with Gasteiger partial charge >= 0.3 is 0 Å². The van der Waals surface area contributed by atoms with E-state index in [4.69, 9.17) is 11.6 Å². The fourth-order valence-corrected chi connectivity index (χ4v) is 1.41. The highest BCUT2D eigenvalue weighted by molar-refractivity contribution is 6.31. The smallest absolute Gasteiger partial charge is 0.271 e. The first-order valence-corrected chi connectivity index (χ1v) is 3.90. The Kier molecular flexibility index (Phi) is 1.48. The molecule has 0 amide bonds. The highest BCUT2D eigenvalue weighted by Crippen LogP contribution is 2.15. The Bertz CT molecular complexity index is 483. The van der Waals surface area contributed by atoms with Crippen molar-refractivity contribution in [2.75, 3.05) is 0 Å². The van der Waals surface area contributed by atoms with Gasteiger partial charge in [-0.2, -0.15) is 0 Å². The first-order chi connectivity index (χ1) is 5.68. The number of hydrogen-bond donors (Lipinski definition) is 1. The molecule has 0 aliphatic carbocycles. The average Bonchev–Trinajstić information content (AvgIpc) is 2.28. The Balaban J connectivity index is 3.00. The van der Waals surface area contributed by atoms with Gasteiger partial charge in [0.2, 0.25) is 0 Å². The van der Waals surface area contributed by atoms with Gasteiger partial charge in [0.05, 0.1) is 10.9 Å². The third-order valence-corrected chi connectivity index (χ3v) is 2.07. The Morgan fingerprint density at radius 3 is 3.00 bits per heavy atom. The number of aromatic nitrogens is 2. The molecule has 1 aromatic heterocycles. The van der Waals surface area contributed by atoms with E-state index >= 15 is 0 Å². The number of aromatic amines is 1. The summed E-state index contributed by atoms with van der Waals surface area (Å²) in [6, 6.07) is 5.18. The van der Waals surface area contributed by atoms with E-state index in [-0.39, 0.29) is 5.56 Å². The van der Waals surface area contributed by atoms with Crippen LogP contribution in [0.4, 0.5) is 0 Å². The van der Waals surface area contributed by atoms with Crippen LogP contribution in [-0.2, 0) is 7.05 Å². The van der Waals surface area contributed by atoms with Crippen molar-refractivity contribution in [3.8, 4) is 0 Å². The van der Waals surface area contributed by atoms with Gasteiger partial charge < -0.3 is 0 Å². The normalized spacial score (nSPS) is 10.8. The Labute approximate surface area is 73.6 Å². The third kappa shape index (κ3) is 0.940. The van der Waals surface area contributed by atoms with Crippen molar-refractivity contribution in [2.24, 2.45) is 7.05 Å². The lowest BCUT2D eigenvalue weighted by molar-refractivity contribution is 0.783. The highest BCUT2D eigenvalue weighted by atomic mass is 35.5.